The first-order chi connectivity index (χ1) is 12.6. The quantitative estimate of drug-likeness (QED) is 0.498. The number of carbonyl (C=O) groups is 2. The van der Waals surface area contributed by atoms with Gasteiger partial charge in [0.25, 0.3) is 0 Å². The van der Waals surface area contributed by atoms with Crippen LogP contribution in [0, 0.1) is 0 Å². The third-order valence-electron chi connectivity index (χ3n) is 3.68. The van der Waals surface area contributed by atoms with Crippen LogP contribution in [0.5, 0.6) is 5.75 Å². The molecule has 0 radical (unpaired) electrons. The van der Waals surface area contributed by atoms with Crippen molar-refractivity contribution in [2.45, 2.75) is 6.61 Å². The van der Waals surface area contributed by atoms with E-state index in [0.29, 0.717) is 16.5 Å². The van der Waals surface area contributed by atoms with Gasteiger partial charge in [-0.3, -0.25) is 4.79 Å². The van der Waals surface area contributed by atoms with Crippen molar-refractivity contribution < 1.29 is 19.1 Å². The van der Waals surface area contributed by atoms with Crippen LogP contribution in [0.25, 0.3) is 0 Å². The zero-order chi connectivity index (χ0) is 18.4. The molecule has 6 heteroatoms. The van der Waals surface area contributed by atoms with Gasteiger partial charge in [-0.15, -0.1) is 0 Å². The highest BCUT2D eigenvalue weighted by molar-refractivity contribution is 6.31. The van der Waals surface area contributed by atoms with Crippen molar-refractivity contribution in [1.29, 1.82) is 0 Å². The number of Topliss-reactive ketones (excluding diaryl/α,β-unsaturated/α-hetero) is 1. The molecule has 0 spiro atoms. The van der Waals surface area contributed by atoms with Gasteiger partial charge in [-0.1, -0.05) is 41.9 Å². The molecule has 0 amide bonds. The molecule has 0 aliphatic carbocycles. The fraction of sp³-hybridized carbons (Fsp3) is 0.100. The van der Waals surface area contributed by atoms with Crippen molar-refractivity contribution >= 4 is 23.4 Å². The minimum Gasteiger partial charge on any atom is -0.488 e. The average Bonchev–Trinajstić information content (AvgIpc) is 3.20. The standard InChI is InChI=1S/C20H16ClNO4/c21-16-8-3-1-6-14(16)12-25-19-10-4-2-7-15(19)20(24)26-13-18(23)17-9-5-11-22-17/h1-11,22H,12-13H2. The zero-order valence-electron chi connectivity index (χ0n) is 13.8. The number of esters is 1. The van der Waals surface area contributed by atoms with E-state index in [1.807, 2.05) is 18.2 Å². The SMILES string of the molecule is O=C(COC(=O)c1ccccc1OCc1ccccc1Cl)c1ccc[nH]1. The van der Waals surface area contributed by atoms with E-state index in [2.05, 4.69) is 4.98 Å². The van der Waals surface area contributed by atoms with Crippen LogP contribution >= 0.6 is 11.6 Å². The summed E-state index contributed by atoms with van der Waals surface area (Å²) in [6.07, 6.45) is 1.63. The van der Waals surface area contributed by atoms with Gasteiger partial charge in [-0.25, -0.2) is 4.79 Å². The van der Waals surface area contributed by atoms with E-state index in [-0.39, 0.29) is 24.6 Å². The number of ketones is 1. The molecule has 132 valence electrons. The van der Waals surface area contributed by atoms with E-state index in [1.54, 1.807) is 48.7 Å². The monoisotopic (exact) mass is 369 g/mol. The molecule has 1 heterocycles. The van der Waals surface area contributed by atoms with Crippen molar-refractivity contribution in [3.8, 4) is 5.75 Å². The molecule has 1 aromatic heterocycles. The molecule has 1 N–H and O–H groups in total. The van der Waals surface area contributed by atoms with Crippen LogP contribution in [0.15, 0.2) is 66.9 Å². The number of benzene rings is 2. The number of aromatic amines is 1. The van der Waals surface area contributed by atoms with Crippen LogP contribution in [-0.2, 0) is 11.3 Å². The van der Waals surface area contributed by atoms with E-state index in [4.69, 9.17) is 21.1 Å². The smallest absolute Gasteiger partial charge is 0.342 e. The van der Waals surface area contributed by atoms with E-state index in [1.165, 1.54) is 0 Å². The molecule has 0 unspecified atom stereocenters. The lowest BCUT2D eigenvalue weighted by Gasteiger charge is -2.11. The largest absolute Gasteiger partial charge is 0.488 e. The van der Waals surface area contributed by atoms with Crippen LogP contribution in [0.4, 0.5) is 0 Å². The lowest BCUT2D eigenvalue weighted by molar-refractivity contribution is 0.0469. The Kier molecular flexibility index (Phi) is 5.71. The second-order valence-corrected chi connectivity index (χ2v) is 5.87. The van der Waals surface area contributed by atoms with E-state index >= 15 is 0 Å². The summed E-state index contributed by atoms with van der Waals surface area (Å²) >= 11 is 6.11. The number of hydrogen-bond acceptors (Lipinski definition) is 4. The van der Waals surface area contributed by atoms with Crippen molar-refractivity contribution in [1.82, 2.24) is 4.98 Å². The van der Waals surface area contributed by atoms with Crippen LogP contribution in [0.3, 0.4) is 0 Å². The molecule has 0 saturated heterocycles. The van der Waals surface area contributed by atoms with Gasteiger partial charge < -0.3 is 14.5 Å². The average molecular weight is 370 g/mol. The van der Waals surface area contributed by atoms with Crippen LogP contribution in [0.1, 0.15) is 26.4 Å². The Morgan fingerprint density at radius 3 is 2.50 bits per heavy atom. The van der Waals surface area contributed by atoms with Crippen molar-refractivity contribution in [3.05, 3.63) is 88.7 Å². The summed E-state index contributed by atoms with van der Waals surface area (Å²) in [7, 11) is 0. The number of para-hydroxylation sites is 1. The highest BCUT2D eigenvalue weighted by Gasteiger charge is 2.16. The van der Waals surface area contributed by atoms with Gasteiger partial charge >= 0.3 is 5.97 Å². The molecule has 26 heavy (non-hydrogen) atoms. The summed E-state index contributed by atoms with van der Waals surface area (Å²) in [5.41, 5.74) is 1.44. The highest BCUT2D eigenvalue weighted by Crippen LogP contribution is 2.22. The van der Waals surface area contributed by atoms with Gasteiger partial charge in [0, 0.05) is 16.8 Å². The number of halogens is 1. The number of hydrogen-bond donors (Lipinski definition) is 1. The van der Waals surface area contributed by atoms with Crippen molar-refractivity contribution in [2.24, 2.45) is 0 Å². The Labute approximate surface area is 155 Å². The molecule has 0 atom stereocenters. The predicted octanol–water partition coefficient (Wildman–Crippen LogP) is 4.29. The summed E-state index contributed by atoms with van der Waals surface area (Å²) < 4.78 is 10.8. The molecule has 5 nitrogen and oxygen atoms in total. The fourth-order valence-electron chi connectivity index (χ4n) is 2.32. The molecule has 0 fully saturated rings. The molecule has 0 bridgehead atoms. The lowest BCUT2D eigenvalue weighted by Crippen LogP contribution is -2.15. The first-order valence-electron chi connectivity index (χ1n) is 7.94. The van der Waals surface area contributed by atoms with Gasteiger partial charge in [0.05, 0.1) is 5.69 Å². The van der Waals surface area contributed by atoms with Gasteiger partial charge in [0.15, 0.2) is 6.61 Å². The molecular weight excluding hydrogens is 354 g/mol. The number of nitrogens with one attached hydrogen (secondary N) is 1. The third kappa shape index (κ3) is 4.32. The number of rotatable bonds is 7. The fourth-order valence-corrected chi connectivity index (χ4v) is 2.51. The Morgan fingerprint density at radius 2 is 1.73 bits per heavy atom. The second kappa shape index (κ2) is 8.36. The molecule has 3 aromatic rings. The Morgan fingerprint density at radius 1 is 0.962 bits per heavy atom. The molecule has 0 aliphatic heterocycles. The van der Waals surface area contributed by atoms with E-state index < -0.39 is 5.97 Å². The van der Waals surface area contributed by atoms with Gasteiger partial charge in [0.2, 0.25) is 5.78 Å². The second-order valence-electron chi connectivity index (χ2n) is 5.46. The maximum absolute atomic E-state index is 12.3. The highest BCUT2D eigenvalue weighted by atomic mass is 35.5. The maximum atomic E-state index is 12.3. The summed E-state index contributed by atoms with van der Waals surface area (Å²) in [4.78, 5) is 27.0. The predicted molar refractivity (Wildman–Crippen MR) is 97.6 cm³/mol. The number of ether oxygens (including phenoxy) is 2. The molecule has 2 aromatic carbocycles. The number of carbonyl (C=O) groups excluding carboxylic acids is 2. The Balaban J connectivity index is 1.65. The number of H-pyrrole nitrogens is 1. The number of aromatic nitrogens is 1. The topological polar surface area (TPSA) is 68.4 Å². The summed E-state index contributed by atoms with van der Waals surface area (Å²) in [6.45, 7) is -0.135. The first kappa shape index (κ1) is 17.8. The molecule has 0 saturated carbocycles. The summed E-state index contributed by atoms with van der Waals surface area (Å²) in [5, 5.41) is 0.587. The van der Waals surface area contributed by atoms with Gasteiger partial charge in [0.1, 0.15) is 17.9 Å². The van der Waals surface area contributed by atoms with Gasteiger partial charge in [-0.2, -0.15) is 0 Å². The van der Waals surface area contributed by atoms with E-state index in [9.17, 15) is 9.59 Å². The van der Waals surface area contributed by atoms with Crippen molar-refractivity contribution in [3.63, 3.8) is 0 Å². The van der Waals surface area contributed by atoms with E-state index in [0.717, 1.165) is 5.56 Å². The lowest BCUT2D eigenvalue weighted by atomic mass is 10.2. The van der Waals surface area contributed by atoms with Crippen LogP contribution in [-0.4, -0.2) is 23.3 Å². The third-order valence-corrected chi connectivity index (χ3v) is 4.05. The Hall–Kier alpha value is -3.05. The van der Waals surface area contributed by atoms with Crippen molar-refractivity contribution in [2.75, 3.05) is 6.61 Å². The van der Waals surface area contributed by atoms with Gasteiger partial charge in [-0.05, 0) is 30.3 Å². The van der Waals surface area contributed by atoms with Crippen LogP contribution in [0.2, 0.25) is 5.02 Å². The Bertz CT molecular complexity index is 906. The normalized spacial score (nSPS) is 10.3. The minimum atomic E-state index is -0.625. The van der Waals surface area contributed by atoms with Crippen LogP contribution < -0.4 is 4.74 Å². The molecule has 0 aliphatic rings. The first-order valence-corrected chi connectivity index (χ1v) is 8.32. The summed E-state index contributed by atoms with van der Waals surface area (Å²) in [6, 6.07) is 17.3. The summed E-state index contributed by atoms with van der Waals surface area (Å²) in [5.74, 6) is -0.567. The minimum absolute atomic E-state index is 0.214. The molecular formula is C20H16ClNO4. The molecule has 3 rings (SSSR count). The maximum Gasteiger partial charge on any atom is 0.342 e. The zero-order valence-corrected chi connectivity index (χ0v) is 14.5.